The monoisotopic (exact) mass is 242 g/mol. The highest BCUT2D eigenvalue weighted by Crippen LogP contribution is 2.25. The molecular formula is C3H6Cl4N2O2. The summed E-state index contributed by atoms with van der Waals surface area (Å²) in [5, 5.41) is 0. The van der Waals surface area contributed by atoms with Crippen LogP contribution >= 0.6 is 47.2 Å². The number of hydrogen-bond acceptors (Lipinski definition) is 3. The van der Waals surface area contributed by atoms with Gasteiger partial charge in [-0.3, -0.25) is 5.43 Å². The number of alkyl halides is 3. The highest BCUT2D eigenvalue weighted by Gasteiger charge is 2.21. The number of halogens is 4. The van der Waals surface area contributed by atoms with E-state index in [0.29, 0.717) is 0 Å². The molecule has 4 nitrogen and oxygen atoms in total. The second kappa shape index (κ2) is 5.97. The van der Waals surface area contributed by atoms with Gasteiger partial charge in [0.1, 0.15) is 6.61 Å². The van der Waals surface area contributed by atoms with Gasteiger partial charge in [0.05, 0.1) is 0 Å². The van der Waals surface area contributed by atoms with Crippen molar-refractivity contribution >= 4 is 53.3 Å². The van der Waals surface area contributed by atoms with Crippen molar-refractivity contribution in [2.45, 2.75) is 3.79 Å². The Balaban J connectivity index is 0. The van der Waals surface area contributed by atoms with E-state index in [1.54, 1.807) is 5.43 Å². The smallest absolute Gasteiger partial charge is 0.421 e. The Labute approximate surface area is 84.7 Å². The number of ether oxygens (including phenoxy) is 1. The quantitative estimate of drug-likeness (QED) is 0.317. The molecule has 8 heteroatoms. The molecule has 0 aromatic carbocycles. The maximum Gasteiger partial charge on any atom is 0.421 e. The topological polar surface area (TPSA) is 64.3 Å². The third kappa shape index (κ3) is 10.4. The van der Waals surface area contributed by atoms with Crippen molar-refractivity contribution in [3.8, 4) is 0 Å². The van der Waals surface area contributed by atoms with Gasteiger partial charge in [-0.05, 0) is 0 Å². The normalized spacial score (nSPS) is 9.82. The molecule has 0 unspecified atom stereocenters. The van der Waals surface area contributed by atoms with Crippen LogP contribution in [0.1, 0.15) is 0 Å². The Kier molecular flexibility index (Phi) is 7.57. The zero-order valence-electron chi connectivity index (χ0n) is 5.14. The van der Waals surface area contributed by atoms with Crippen LogP contribution in [-0.4, -0.2) is 16.5 Å². The fourth-order valence-electron chi connectivity index (χ4n) is 0.189. The Morgan fingerprint density at radius 2 is 2.00 bits per heavy atom. The fraction of sp³-hybridized carbons (Fsp3) is 0.667. The van der Waals surface area contributed by atoms with Gasteiger partial charge in [0, 0.05) is 0 Å². The van der Waals surface area contributed by atoms with Gasteiger partial charge in [-0.15, -0.1) is 12.4 Å². The zero-order chi connectivity index (χ0) is 8.20. The summed E-state index contributed by atoms with van der Waals surface area (Å²) in [7, 11) is 0. The average Bonchev–Trinajstić information content (AvgIpc) is 1.81. The lowest BCUT2D eigenvalue weighted by atomic mass is 10.8. The summed E-state index contributed by atoms with van der Waals surface area (Å²) in [6, 6.07) is 0. The number of nitrogens with two attached hydrogens (primary N) is 1. The number of rotatable bonds is 1. The molecular weight excluding hydrogens is 238 g/mol. The number of hydrogen-bond donors (Lipinski definition) is 2. The van der Waals surface area contributed by atoms with Gasteiger partial charge in [0.15, 0.2) is 0 Å². The average molecular weight is 244 g/mol. The van der Waals surface area contributed by atoms with E-state index in [1.165, 1.54) is 0 Å². The molecule has 0 saturated heterocycles. The first kappa shape index (κ1) is 13.9. The Morgan fingerprint density at radius 3 is 2.27 bits per heavy atom. The molecule has 0 aromatic rings. The summed E-state index contributed by atoms with van der Waals surface area (Å²) >= 11 is 15.7. The third-order valence-electron chi connectivity index (χ3n) is 0.485. The molecule has 3 N–H and O–H groups in total. The van der Waals surface area contributed by atoms with Gasteiger partial charge in [-0.1, -0.05) is 34.8 Å². The summed E-state index contributed by atoms with van der Waals surface area (Å²) in [5.74, 6) is 4.65. The number of nitrogens with one attached hydrogen (secondary N) is 1. The van der Waals surface area contributed by atoms with Gasteiger partial charge in [-0.2, -0.15) is 0 Å². The molecule has 0 fully saturated rings. The Bertz CT molecular complexity index is 125. The number of carbonyl (C=O) groups excluding carboxylic acids is 1. The molecule has 0 radical (unpaired) electrons. The van der Waals surface area contributed by atoms with Crippen LogP contribution in [0, 0.1) is 0 Å². The maximum absolute atomic E-state index is 10.2. The lowest BCUT2D eigenvalue weighted by Gasteiger charge is -2.09. The van der Waals surface area contributed by atoms with Crippen molar-refractivity contribution in [2.24, 2.45) is 5.84 Å². The van der Waals surface area contributed by atoms with E-state index < -0.39 is 9.89 Å². The van der Waals surface area contributed by atoms with Crippen LogP contribution in [0.3, 0.4) is 0 Å². The molecule has 0 aliphatic rings. The highest BCUT2D eigenvalue weighted by atomic mass is 35.6. The lowest BCUT2D eigenvalue weighted by Crippen LogP contribution is -2.32. The van der Waals surface area contributed by atoms with Crippen molar-refractivity contribution < 1.29 is 9.53 Å². The predicted molar refractivity (Wildman–Crippen MR) is 46.2 cm³/mol. The lowest BCUT2D eigenvalue weighted by molar-refractivity contribution is 0.148. The maximum atomic E-state index is 10.2. The second-order valence-corrected chi connectivity index (χ2v) is 3.85. The van der Waals surface area contributed by atoms with Crippen LogP contribution < -0.4 is 11.3 Å². The van der Waals surface area contributed by atoms with E-state index in [0.717, 1.165) is 0 Å². The van der Waals surface area contributed by atoms with Crippen molar-refractivity contribution in [3.63, 3.8) is 0 Å². The SMILES string of the molecule is Cl.NNC(=O)OCC(Cl)(Cl)Cl. The fourth-order valence-corrected chi connectivity index (χ4v) is 0.353. The number of hydrazine groups is 1. The van der Waals surface area contributed by atoms with E-state index in [9.17, 15) is 4.79 Å². The van der Waals surface area contributed by atoms with Gasteiger partial charge in [0.25, 0.3) is 0 Å². The Hall–Kier alpha value is 0.390. The first-order valence-electron chi connectivity index (χ1n) is 2.16. The molecule has 0 rings (SSSR count). The minimum atomic E-state index is -1.59. The minimum absolute atomic E-state index is 0. The molecule has 0 heterocycles. The largest absolute Gasteiger partial charge is 0.444 e. The first-order chi connectivity index (χ1) is 4.45. The molecule has 0 aliphatic carbocycles. The summed E-state index contributed by atoms with van der Waals surface area (Å²) in [4.78, 5) is 10.2. The van der Waals surface area contributed by atoms with Crippen molar-refractivity contribution in [1.29, 1.82) is 0 Å². The van der Waals surface area contributed by atoms with Crippen molar-refractivity contribution in [1.82, 2.24) is 5.43 Å². The van der Waals surface area contributed by atoms with Crippen LogP contribution in [0.4, 0.5) is 4.79 Å². The third-order valence-corrected chi connectivity index (χ3v) is 0.812. The summed E-state index contributed by atoms with van der Waals surface area (Å²) < 4.78 is 2.69. The summed E-state index contributed by atoms with van der Waals surface area (Å²) in [5.41, 5.74) is 1.70. The molecule has 11 heavy (non-hydrogen) atoms. The Morgan fingerprint density at radius 1 is 1.55 bits per heavy atom. The predicted octanol–water partition coefficient (Wildman–Crippen LogP) is 1.38. The van der Waals surface area contributed by atoms with Crippen LogP contribution in [0.2, 0.25) is 0 Å². The second-order valence-electron chi connectivity index (χ2n) is 1.34. The van der Waals surface area contributed by atoms with E-state index >= 15 is 0 Å². The van der Waals surface area contributed by atoms with E-state index in [4.69, 9.17) is 34.8 Å². The van der Waals surface area contributed by atoms with Gasteiger partial charge in [-0.25, -0.2) is 10.6 Å². The van der Waals surface area contributed by atoms with E-state index in [-0.39, 0.29) is 19.0 Å². The number of amides is 1. The molecule has 1 amide bonds. The van der Waals surface area contributed by atoms with Gasteiger partial charge in [0.2, 0.25) is 3.79 Å². The van der Waals surface area contributed by atoms with Crippen LogP contribution in [0.5, 0.6) is 0 Å². The summed E-state index contributed by atoms with van der Waals surface area (Å²) in [6.45, 7) is -0.333. The van der Waals surface area contributed by atoms with Crippen LogP contribution in [-0.2, 0) is 4.74 Å². The van der Waals surface area contributed by atoms with Crippen molar-refractivity contribution in [3.05, 3.63) is 0 Å². The highest BCUT2D eigenvalue weighted by molar-refractivity contribution is 6.67. The molecule has 0 atom stereocenters. The van der Waals surface area contributed by atoms with Crippen LogP contribution in [0.25, 0.3) is 0 Å². The zero-order valence-corrected chi connectivity index (χ0v) is 8.23. The minimum Gasteiger partial charge on any atom is -0.444 e. The standard InChI is InChI=1S/C3H5Cl3N2O2.ClH/c4-3(5,6)1-10-2(9)8-7;/h1,7H2,(H,8,9);1H. The molecule has 0 spiro atoms. The molecule has 0 saturated carbocycles. The van der Waals surface area contributed by atoms with Crippen molar-refractivity contribution in [2.75, 3.05) is 6.61 Å². The van der Waals surface area contributed by atoms with Crippen LogP contribution in [0.15, 0.2) is 0 Å². The molecule has 0 aliphatic heterocycles. The van der Waals surface area contributed by atoms with E-state index in [2.05, 4.69) is 10.6 Å². The molecule has 68 valence electrons. The summed E-state index contributed by atoms with van der Waals surface area (Å²) in [6.07, 6.45) is -0.841. The first-order valence-corrected chi connectivity index (χ1v) is 3.29. The molecule has 0 bridgehead atoms. The number of carbonyl (C=O) groups is 1. The van der Waals surface area contributed by atoms with Gasteiger partial charge < -0.3 is 4.74 Å². The van der Waals surface area contributed by atoms with E-state index in [1.807, 2.05) is 0 Å². The van der Waals surface area contributed by atoms with Gasteiger partial charge >= 0.3 is 6.09 Å². The molecule has 0 aromatic heterocycles.